The molecule has 2 aromatic rings. The number of hydrogen-bond donors (Lipinski definition) is 0. The van der Waals surface area contributed by atoms with Crippen LogP contribution >= 0.6 is 0 Å². The molecule has 0 fully saturated rings. The molecular weight excluding hydrogens is 324 g/mol. The number of rotatable bonds is 6. The van der Waals surface area contributed by atoms with Crippen molar-refractivity contribution in [3.05, 3.63) is 65.7 Å². The van der Waals surface area contributed by atoms with Crippen LogP contribution in [0.15, 0.2) is 64.8 Å². The first-order valence-corrected chi connectivity index (χ1v) is 7.47. The van der Waals surface area contributed by atoms with Gasteiger partial charge in [0.2, 0.25) is 0 Å². The van der Waals surface area contributed by atoms with E-state index in [2.05, 4.69) is 10.2 Å². The SMILES string of the molecule is COC(=O)C(N=NC(=O)OCc1ccccc1)c1cccc(OC)c1. The van der Waals surface area contributed by atoms with Gasteiger partial charge >= 0.3 is 12.1 Å². The minimum absolute atomic E-state index is 0.0702. The smallest absolute Gasteiger partial charge is 0.452 e. The summed E-state index contributed by atoms with van der Waals surface area (Å²) < 4.78 is 14.8. The van der Waals surface area contributed by atoms with E-state index in [1.807, 2.05) is 30.3 Å². The monoisotopic (exact) mass is 342 g/mol. The largest absolute Gasteiger partial charge is 0.497 e. The van der Waals surface area contributed by atoms with E-state index in [4.69, 9.17) is 14.2 Å². The van der Waals surface area contributed by atoms with Crippen molar-refractivity contribution in [2.45, 2.75) is 12.6 Å². The maximum atomic E-state index is 11.9. The number of carbonyl (C=O) groups is 2. The van der Waals surface area contributed by atoms with Crippen LogP contribution < -0.4 is 4.74 Å². The summed E-state index contributed by atoms with van der Waals surface area (Å²) in [6, 6.07) is 14.8. The van der Waals surface area contributed by atoms with Crippen molar-refractivity contribution in [1.82, 2.24) is 0 Å². The zero-order chi connectivity index (χ0) is 18.1. The van der Waals surface area contributed by atoms with Crippen LogP contribution in [0, 0.1) is 0 Å². The Morgan fingerprint density at radius 2 is 1.80 bits per heavy atom. The Labute approximate surface area is 145 Å². The molecule has 7 heteroatoms. The van der Waals surface area contributed by atoms with Crippen LogP contribution in [-0.4, -0.2) is 26.3 Å². The number of benzene rings is 2. The lowest BCUT2D eigenvalue weighted by molar-refractivity contribution is -0.142. The predicted molar refractivity (Wildman–Crippen MR) is 89.2 cm³/mol. The zero-order valence-electron chi connectivity index (χ0n) is 13.9. The second-order valence-corrected chi connectivity index (χ2v) is 4.96. The van der Waals surface area contributed by atoms with Gasteiger partial charge in [0, 0.05) is 0 Å². The van der Waals surface area contributed by atoms with Crippen molar-refractivity contribution in [3.8, 4) is 5.75 Å². The Kier molecular flexibility index (Phi) is 6.65. The molecule has 0 aliphatic carbocycles. The van der Waals surface area contributed by atoms with Gasteiger partial charge in [0.25, 0.3) is 0 Å². The highest BCUT2D eigenvalue weighted by atomic mass is 16.5. The molecule has 130 valence electrons. The van der Waals surface area contributed by atoms with Gasteiger partial charge in [0.05, 0.1) is 14.2 Å². The third kappa shape index (κ3) is 5.42. The lowest BCUT2D eigenvalue weighted by Gasteiger charge is -2.10. The van der Waals surface area contributed by atoms with E-state index in [9.17, 15) is 9.59 Å². The molecule has 2 aromatic carbocycles. The highest BCUT2D eigenvalue weighted by Gasteiger charge is 2.22. The van der Waals surface area contributed by atoms with Crippen LogP contribution in [-0.2, 0) is 20.9 Å². The fraction of sp³-hybridized carbons (Fsp3) is 0.222. The van der Waals surface area contributed by atoms with Gasteiger partial charge in [-0.2, -0.15) is 5.11 Å². The van der Waals surface area contributed by atoms with E-state index >= 15 is 0 Å². The number of nitrogens with zero attached hydrogens (tertiary/aromatic N) is 2. The third-order valence-electron chi connectivity index (χ3n) is 3.29. The molecule has 0 spiro atoms. The molecular formula is C18H18N2O5. The molecule has 0 aliphatic heterocycles. The van der Waals surface area contributed by atoms with Gasteiger partial charge in [-0.1, -0.05) is 47.6 Å². The Balaban J connectivity index is 2.06. The van der Waals surface area contributed by atoms with Crippen molar-refractivity contribution in [2.24, 2.45) is 10.2 Å². The average Bonchev–Trinajstić information content (AvgIpc) is 2.67. The standard InChI is InChI=1S/C18H18N2O5/c1-23-15-10-6-9-14(11-15)16(17(21)24-2)19-20-18(22)25-12-13-7-4-3-5-8-13/h3-11,16H,12H2,1-2H3. The molecule has 0 bridgehead atoms. The van der Waals surface area contributed by atoms with Gasteiger partial charge in [-0.25, -0.2) is 9.59 Å². The highest BCUT2D eigenvalue weighted by Crippen LogP contribution is 2.23. The number of hydrogen-bond acceptors (Lipinski definition) is 6. The van der Waals surface area contributed by atoms with Crippen LogP contribution in [0.4, 0.5) is 4.79 Å². The van der Waals surface area contributed by atoms with Crippen molar-refractivity contribution >= 4 is 12.1 Å². The summed E-state index contributed by atoms with van der Waals surface area (Å²) in [5.41, 5.74) is 1.31. The van der Waals surface area contributed by atoms with E-state index in [1.165, 1.54) is 14.2 Å². The molecule has 0 aliphatic rings. The lowest BCUT2D eigenvalue weighted by atomic mass is 10.1. The van der Waals surface area contributed by atoms with Gasteiger partial charge in [-0.15, -0.1) is 0 Å². The Bertz CT molecular complexity index is 746. The molecule has 0 aromatic heterocycles. The van der Waals surface area contributed by atoms with Gasteiger partial charge in [-0.05, 0) is 23.3 Å². The summed E-state index contributed by atoms with van der Waals surface area (Å²) in [5.74, 6) is -0.0962. The van der Waals surface area contributed by atoms with E-state index < -0.39 is 18.1 Å². The van der Waals surface area contributed by atoms with Gasteiger partial charge in [0.1, 0.15) is 12.4 Å². The quantitative estimate of drug-likeness (QED) is 0.590. The normalized spacial score (nSPS) is 11.8. The summed E-state index contributed by atoms with van der Waals surface area (Å²) in [5, 5.41) is 7.24. The van der Waals surface area contributed by atoms with Crippen LogP contribution in [0.25, 0.3) is 0 Å². The summed E-state index contributed by atoms with van der Waals surface area (Å²) in [6.45, 7) is 0.0702. The molecule has 7 nitrogen and oxygen atoms in total. The maximum absolute atomic E-state index is 11.9. The minimum atomic E-state index is -1.08. The Morgan fingerprint density at radius 1 is 1.04 bits per heavy atom. The second-order valence-electron chi connectivity index (χ2n) is 4.96. The van der Waals surface area contributed by atoms with E-state index in [-0.39, 0.29) is 6.61 Å². The zero-order valence-corrected chi connectivity index (χ0v) is 13.9. The molecule has 2 rings (SSSR count). The molecule has 0 saturated heterocycles. The first-order chi connectivity index (χ1) is 12.1. The predicted octanol–water partition coefficient (Wildman–Crippen LogP) is 3.70. The minimum Gasteiger partial charge on any atom is -0.497 e. The topological polar surface area (TPSA) is 86.6 Å². The Hall–Kier alpha value is -3.22. The fourth-order valence-electron chi connectivity index (χ4n) is 2.03. The van der Waals surface area contributed by atoms with Crippen molar-refractivity contribution in [2.75, 3.05) is 14.2 Å². The maximum Gasteiger partial charge on any atom is 0.452 e. The molecule has 0 N–H and O–H groups in total. The second kappa shape index (κ2) is 9.17. The molecule has 0 heterocycles. The summed E-state index contributed by atoms with van der Waals surface area (Å²) in [7, 11) is 2.74. The molecule has 0 saturated carbocycles. The third-order valence-corrected chi connectivity index (χ3v) is 3.29. The van der Waals surface area contributed by atoms with Gasteiger partial charge < -0.3 is 14.2 Å². The van der Waals surface area contributed by atoms with Gasteiger partial charge in [-0.3, -0.25) is 0 Å². The number of ether oxygens (including phenoxy) is 3. The lowest BCUT2D eigenvalue weighted by Crippen LogP contribution is -2.12. The first-order valence-electron chi connectivity index (χ1n) is 7.47. The number of azo groups is 1. The molecule has 0 radical (unpaired) electrons. The van der Waals surface area contributed by atoms with Crippen LogP contribution in [0.5, 0.6) is 5.75 Å². The fourth-order valence-corrected chi connectivity index (χ4v) is 2.03. The summed E-state index contributed by atoms with van der Waals surface area (Å²) >= 11 is 0. The number of methoxy groups -OCH3 is 2. The van der Waals surface area contributed by atoms with E-state index in [1.54, 1.807) is 24.3 Å². The molecule has 1 amide bonds. The van der Waals surface area contributed by atoms with Gasteiger partial charge in [0.15, 0.2) is 6.04 Å². The molecule has 1 unspecified atom stereocenters. The number of amides is 1. The number of carbonyl (C=O) groups excluding carboxylic acids is 2. The average molecular weight is 342 g/mol. The molecule has 25 heavy (non-hydrogen) atoms. The van der Waals surface area contributed by atoms with E-state index in [0.717, 1.165) is 5.56 Å². The highest BCUT2D eigenvalue weighted by molar-refractivity contribution is 5.78. The van der Waals surface area contributed by atoms with Crippen molar-refractivity contribution in [3.63, 3.8) is 0 Å². The molecule has 1 atom stereocenters. The van der Waals surface area contributed by atoms with Crippen molar-refractivity contribution in [1.29, 1.82) is 0 Å². The summed E-state index contributed by atoms with van der Waals surface area (Å²) in [4.78, 5) is 23.7. The summed E-state index contributed by atoms with van der Waals surface area (Å²) in [6.07, 6.45) is -0.888. The van der Waals surface area contributed by atoms with Crippen LogP contribution in [0.2, 0.25) is 0 Å². The van der Waals surface area contributed by atoms with E-state index in [0.29, 0.717) is 11.3 Å². The first kappa shape index (κ1) is 18.1. The van der Waals surface area contributed by atoms with Crippen LogP contribution in [0.3, 0.4) is 0 Å². The Morgan fingerprint density at radius 3 is 2.48 bits per heavy atom. The van der Waals surface area contributed by atoms with Crippen molar-refractivity contribution < 1.29 is 23.8 Å². The number of esters is 1. The van der Waals surface area contributed by atoms with Crippen LogP contribution in [0.1, 0.15) is 17.2 Å².